The Balaban J connectivity index is 1.97. The Bertz CT molecular complexity index is 748. The largest absolute Gasteiger partial charge is 0.462 e. The molecule has 0 aliphatic carbocycles. The summed E-state index contributed by atoms with van der Waals surface area (Å²) in [4.78, 5) is 16.1. The summed E-state index contributed by atoms with van der Waals surface area (Å²) in [5.74, 6) is -0.420. The molecule has 2 aromatic heterocycles. The summed E-state index contributed by atoms with van der Waals surface area (Å²) in [6.07, 6.45) is 1.54. The van der Waals surface area contributed by atoms with Gasteiger partial charge >= 0.3 is 0 Å². The minimum Gasteiger partial charge on any atom is -0.462 e. The highest BCUT2D eigenvalue weighted by Crippen LogP contribution is 2.24. The van der Waals surface area contributed by atoms with E-state index in [1.165, 1.54) is 17.6 Å². The van der Waals surface area contributed by atoms with Gasteiger partial charge in [0.25, 0.3) is 0 Å². The highest BCUT2D eigenvalue weighted by atomic mass is 32.2. The standard InChI is InChI=1S/C15H20N2O4S2/c1-10(2)11(3)16-14(18)9-23(19,20)8-12-7-22-15(17-12)13-5-4-6-21-13/h4-7,10-11H,8-9H2,1-3H3,(H,16,18). The molecule has 8 heteroatoms. The second-order valence-electron chi connectivity index (χ2n) is 5.75. The van der Waals surface area contributed by atoms with Crippen molar-refractivity contribution in [3.8, 4) is 10.8 Å². The Kier molecular flexibility index (Phi) is 5.59. The molecule has 1 atom stereocenters. The molecule has 2 aromatic rings. The molecular weight excluding hydrogens is 336 g/mol. The molecule has 1 N–H and O–H groups in total. The van der Waals surface area contributed by atoms with E-state index in [4.69, 9.17) is 4.42 Å². The number of nitrogens with zero attached hydrogens (tertiary/aromatic N) is 1. The van der Waals surface area contributed by atoms with Gasteiger partial charge in [0.05, 0.1) is 17.7 Å². The van der Waals surface area contributed by atoms with E-state index in [1.54, 1.807) is 17.5 Å². The molecule has 0 saturated heterocycles. The van der Waals surface area contributed by atoms with Crippen LogP contribution in [0.25, 0.3) is 10.8 Å². The Morgan fingerprint density at radius 2 is 2.13 bits per heavy atom. The van der Waals surface area contributed by atoms with E-state index >= 15 is 0 Å². The van der Waals surface area contributed by atoms with E-state index in [0.717, 1.165) is 0 Å². The van der Waals surface area contributed by atoms with E-state index in [-0.39, 0.29) is 17.7 Å². The maximum Gasteiger partial charge on any atom is 0.235 e. The van der Waals surface area contributed by atoms with Crippen molar-refractivity contribution in [2.45, 2.75) is 32.6 Å². The molecule has 1 unspecified atom stereocenters. The van der Waals surface area contributed by atoms with Gasteiger partial charge in [0, 0.05) is 11.4 Å². The van der Waals surface area contributed by atoms with Crippen LogP contribution in [0, 0.1) is 5.92 Å². The third kappa shape index (κ3) is 5.18. The number of furan rings is 1. The second-order valence-corrected chi connectivity index (χ2v) is 8.68. The first-order chi connectivity index (χ1) is 10.8. The van der Waals surface area contributed by atoms with E-state index < -0.39 is 21.5 Å². The van der Waals surface area contributed by atoms with Crippen LogP contribution in [0.15, 0.2) is 28.2 Å². The molecule has 1 amide bonds. The zero-order valence-electron chi connectivity index (χ0n) is 13.3. The van der Waals surface area contributed by atoms with Gasteiger partial charge in [-0.25, -0.2) is 13.4 Å². The van der Waals surface area contributed by atoms with E-state index in [0.29, 0.717) is 16.5 Å². The van der Waals surface area contributed by atoms with Gasteiger partial charge in [-0.05, 0) is 25.0 Å². The Hall–Kier alpha value is -1.67. The molecule has 0 saturated carbocycles. The lowest BCUT2D eigenvalue weighted by Gasteiger charge is -2.17. The molecule has 2 rings (SSSR count). The van der Waals surface area contributed by atoms with Gasteiger partial charge in [-0.15, -0.1) is 11.3 Å². The Morgan fingerprint density at radius 1 is 1.39 bits per heavy atom. The van der Waals surface area contributed by atoms with Crippen LogP contribution in [-0.4, -0.2) is 31.1 Å². The smallest absolute Gasteiger partial charge is 0.235 e. The van der Waals surface area contributed by atoms with Crippen LogP contribution in [0.5, 0.6) is 0 Å². The average Bonchev–Trinajstić information content (AvgIpc) is 3.07. The molecule has 0 spiro atoms. The summed E-state index contributed by atoms with van der Waals surface area (Å²) in [5.41, 5.74) is 0.422. The molecular formula is C15H20N2O4S2. The van der Waals surface area contributed by atoms with E-state index in [9.17, 15) is 13.2 Å². The summed E-state index contributed by atoms with van der Waals surface area (Å²) in [6.45, 7) is 5.78. The zero-order valence-corrected chi connectivity index (χ0v) is 14.9. The molecule has 0 radical (unpaired) electrons. The number of amides is 1. The maximum absolute atomic E-state index is 12.1. The third-order valence-electron chi connectivity index (χ3n) is 3.39. The number of hydrogen-bond acceptors (Lipinski definition) is 6. The van der Waals surface area contributed by atoms with Crippen LogP contribution in [0.1, 0.15) is 26.5 Å². The quantitative estimate of drug-likeness (QED) is 0.823. The molecule has 0 aliphatic rings. The molecule has 126 valence electrons. The van der Waals surface area contributed by atoms with Gasteiger partial charge in [-0.3, -0.25) is 4.79 Å². The lowest BCUT2D eigenvalue weighted by atomic mass is 10.1. The summed E-state index contributed by atoms with van der Waals surface area (Å²) < 4.78 is 29.5. The van der Waals surface area contributed by atoms with E-state index in [2.05, 4.69) is 10.3 Å². The Morgan fingerprint density at radius 3 is 2.74 bits per heavy atom. The number of nitrogens with one attached hydrogen (secondary N) is 1. The number of carbonyl (C=O) groups is 1. The van der Waals surface area contributed by atoms with Crippen molar-refractivity contribution in [2.24, 2.45) is 5.92 Å². The van der Waals surface area contributed by atoms with Crippen molar-refractivity contribution in [3.63, 3.8) is 0 Å². The molecule has 23 heavy (non-hydrogen) atoms. The van der Waals surface area contributed by atoms with Crippen LogP contribution in [0.4, 0.5) is 0 Å². The van der Waals surface area contributed by atoms with Crippen LogP contribution < -0.4 is 5.32 Å². The van der Waals surface area contributed by atoms with Crippen molar-refractivity contribution in [1.82, 2.24) is 10.3 Å². The minimum absolute atomic E-state index is 0.0671. The molecule has 0 bridgehead atoms. The fraction of sp³-hybridized carbons (Fsp3) is 0.467. The first-order valence-corrected chi connectivity index (χ1v) is 9.95. The van der Waals surface area contributed by atoms with Crippen molar-refractivity contribution in [3.05, 3.63) is 29.5 Å². The number of sulfone groups is 1. The van der Waals surface area contributed by atoms with Crippen molar-refractivity contribution in [1.29, 1.82) is 0 Å². The van der Waals surface area contributed by atoms with Crippen LogP contribution in [0.2, 0.25) is 0 Å². The predicted molar refractivity (Wildman–Crippen MR) is 89.7 cm³/mol. The number of rotatable bonds is 7. The van der Waals surface area contributed by atoms with Gasteiger partial charge in [0.1, 0.15) is 5.75 Å². The van der Waals surface area contributed by atoms with Gasteiger partial charge in [0.2, 0.25) is 5.91 Å². The lowest BCUT2D eigenvalue weighted by molar-refractivity contribution is -0.119. The second kappa shape index (κ2) is 7.27. The lowest BCUT2D eigenvalue weighted by Crippen LogP contribution is -2.39. The van der Waals surface area contributed by atoms with Crippen molar-refractivity contribution >= 4 is 27.1 Å². The first kappa shape index (κ1) is 17.7. The molecule has 0 aromatic carbocycles. The normalized spacial score (nSPS) is 13.2. The summed E-state index contributed by atoms with van der Waals surface area (Å²) in [7, 11) is -3.56. The number of aromatic nitrogens is 1. The maximum atomic E-state index is 12.1. The predicted octanol–water partition coefficient (Wildman–Crippen LogP) is 2.48. The van der Waals surface area contributed by atoms with Crippen molar-refractivity contribution in [2.75, 3.05) is 5.75 Å². The van der Waals surface area contributed by atoms with Gasteiger partial charge in [0.15, 0.2) is 20.6 Å². The van der Waals surface area contributed by atoms with Crippen LogP contribution >= 0.6 is 11.3 Å². The van der Waals surface area contributed by atoms with Crippen LogP contribution in [-0.2, 0) is 20.4 Å². The molecule has 0 aliphatic heterocycles. The third-order valence-corrected chi connectivity index (χ3v) is 5.73. The average molecular weight is 356 g/mol. The zero-order chi connectivity index (χ0) is 17.0. The number of hydrogen-bond donors (Lipinski definition) is 1. The molecule has 6 nitrogen and oxygen atoms in total. The van der Waals surface area contributed by atoms with Crippen molar-refractivity contribution < 1.29 is 17.6 Å². The monoisotopic (exact) mass is 356 g/mol. The topological polar surface area (TPSA) is 89.3 Å². The fourth-order valence-electron chi connectivity index (χ4n) is 1.83. The highest BCUT2D eigenvalue weighted by Gasteiger charge is 2.21. The van der Waals surface area contributed by atoms with Gasteiger partial charge in [-0.1, -0.05) is 13.8 Å². The summed E-state index contributed by atoms with van der Waals surface area (Å²) >= 11 is 1.31. The van der Waals surface area contributed by atoms with E-state index in [1.807, 2.05) is 20.8 Å². The fourth-order valence-corrected chi connectivity index (χ4v) is 3.90. The Labute approximate surface area is 139 Å². The summed E-state index contributed by atoms with van der Waals surface area (Å²) in [5, 5.41) is 4.99. The summed E-state index contributed by atoms with van der Waals surface area (Å²) in [6, 6.07) is 3.44. The van der Waals surface area contributed by atoms with Gasteiger partial charge in [-0.2, -0.15) is 0 Å². The first-order valence-electron chi connectivity index (χ1n) is 7.25. The highest BCUT2D eigenvalue weighted by molar-refractivity contribution is 7.91. The number of thiazole rings is 1. The SMILES string of the molecule is CC(C)C(C)NC(=O)CS(=O)(=O)Cc1csc(-c2ccco2)n1. The minimum atomic E-state index is -3.56. The molecule has 2 heterocycles. The number of carbonyl (C=O) groups excluding carboxylic acids is 1. The van der Waals surface area contributed by atoms with Crippen LogP contribution in [0.3, 0.4) is 0 Å². The molecule has 0 fully saturated rings. The van der Waals surface area contributed by atoms with Gasteiger partial charge < -0.3 is 9.73 Å².